The molecule has 0 saturated carbocycles. The molecule has 0 bridgehead atoms. The van der Waals surface area contributed by atoms with E-state index in [1.807, 2.05) is 0 Å². The van der Waals surface area contributed by atoms with E-state index in [1.54, 1.807) is 7.11 Å². The van der Waals surface area contributed by atoms with Crippen LogP contribution in [0, 0.1) is 11.8 Å². The van der Waals surface area contributed by atoms with Crippen LogP contribution < -0.4 is 4.72 Å². The molecular formula is C13H18N2O5S. The van der Waals surface area contributed by atoms with Crippen molar-refractivity contribution in [2.24, 2.45) is 0 Å². The summed E-state index contributed by atoms with van der Waals surface area (Å²) in [7, 11) is -2.09. The lowest BCUT2D eigenvalue weighted by Crippen LogP contribution is -2.28. The monoisotopic (exact) mass is 314 g/mol. The number of rotatable bonds is 8. The summed E-state index contributed by atoms with van der Waals surface area (Å²) in [6.45, 7) is 0.973. The minimum Gasteiger partial charge on any atom is -0.384 e. The highest BCUT2D eigenvalue weighted by Gasteiger charge is 2.14. The summed E-state index contributed by atoms with van der Waals surface area (Å²) in [5, 5.41) is 8.61. The molecule has 21 heavy (non-hydrogen) atoms. The van der Waals surface area contributed by atoms with Gasteiger partial charge < -0.3 is 14.6 Å². The molecule has 0 fully saturated rings. The van der Waals surface area contributed by atoms with Crippen LogP contribution in [0.3, 0.4) is 0 Å². The first-order valence-electron chi connectivity index (χ1n) is 6.21. The maximum Gasteiger partial charge on any atom is 0.242 e. The van der Waals surface area contributed by atoms with Crippen LogP contribution in [0.25, 0.3) is 0 Å². The van der Waals surface area contributed by atoms with Crippen LogP contribution in [0.5, 0.6) is 0 Å². The Bertz CT molecular complexity index is 592. The lowest BCUT2D eigenvalue weighted by atomic mass is 10.3. The van der Waals surface area contributed by atoms with Crippen molar-refractivity contribution in [1.82, 2.24) is 9.71 Å². The van der Waals surface area contributed by atoms with E-state index in [2.05, 4.69) is 21.5 Å². The minimum atomic E-state index is -3.65. The fraction of sp³-hybridized carbons (Fsp3) is 0.462. The second-order valence-corrected chi connectivity index (χ2v) is 5.64. The first kappa shape index (κ1) is 17.6. The van der Waals surface area contributed by atoms with Gasteiger partial charge in [-0.1, -0.05) is 11.8 Å². The van der Waals surface area contributed by atoms with Crippen LogP contribution in [0.1, 0.15) is 5.56 Å². The Morgan fingerprint density at radius 1 is 1.33 bits per heavy atom. The van der Waals surface area contributed by atoms with E-state index in [-0.39, 0.29) is 24.7 Å². The Labute approximate surface area is 124 Å². The zero-order valence-electron chi connectivity index (χ0n) is 11.7. The fourth-order valence-corrected chi connectivity index (χ4v) is 2.35. The highest BCUT2D eigenvalue weighted by molar-refractivity contribution is 7.89. The SMILES string of the molecule is COCCOCCNS(=O)(=O)c1cncc(C#CCO)c1. The number of aliphatic hydroxyl groups is 1. The zero-order chi connectivity index (χ0) is 15.6. The van der Waals surface area contributed by atoms with Gasteiger partial charge in [0.05, 0.1) is 19.8 Å². The Morgan fingerprint density at radius 3 is 2.86 bits per heavy atom. The summed E-state index contributed by atoms with van der Waals surface area (Å²) in [4.78, 5) is 3.84. The maximum absolute atomic E-state index is 12.0. The predicted octanol–water partition coefficient (Wildman–Crippen LogP) is -0.633. The third-order valence-electron chi connectivity index (χ3n) is 2.31. The number of methoxy groups -OCH3 is 1. The van der Waals surface area contributed by atoms with Gasteiger partial charge in [-0.2, -0.15) is 0 Å². The smallest absolute Gasteiger partial charge is 0.242 e. The van der Waals surface area contributed by atoms with E-state index < -0.39 is 10.0 Å². The number of sulfonamides is 1. The summed E-state index contributed by atoms with van der Waals surface area (Å²) in [5.41, 5.74) is 0.420. The molecule has 116 valence electrons. The largest absolute Gasteiger partial charge is 0.384 e. The molecule has 1 rings (SSSR count). The molecule has 0 aliphatic rings. The second-order valence-electron chi connectivity index (χ2n) is 3.87. The van der Waals surface area contributed by atoms with Gasteiger partial charge in [0, 0.05) is 31.6 Å². The van der Waals surface area contributed by atoms with Crippen molar-refractivity contribution in [2.75, 3.05) is 40.1 Å². The van der Waals surface area contributed by atoms with Gasteiger partial charge in [-0.3, -0.25) is 4.98 Å². The number of hydrogen-bond acceptors (Lipinski definition) is 6. The molecule has 8 heteroatoms. The molecule has 0 aromatic carbocycles. The second kappa shape index (κ2) is 9.44. The van der Waals surface area contributed by atoms with Crippen molar-refractivity contribution in [3.63, 3.8) is 0 Å². The third-order valence-corrected chi connectivity index (χ3v) is 3.73. The van der Waals surface area contributed by atoms with Crippen molar-refractivity contribution in [2.45, 2.75) is 4.90 Å². The molecule has 7 nitrogen and oxygen atoms in total. The number of ether oxygens (including phenoxy) is 2. The Kier molecular flexibility index (Phi) is 7.89. The summed E-state index contributed by atoms with van der Waals surface area (Å²) in [6, 6.07) is 1.39. The molecule has 0 saturated heterocycles. The third kappa shape index (κ3) is 6.66. The standard InChI is InChI=1S/C13H18N2O5S/c1-19-7-8-20-6-4-15-21(17,18)13-9-12(3-2-5-16)10-14-11-13/h9-11,15-16H,4-8H2,1H3. The molecule has 0 unspecified atom stereocenters. The van der Waals surface area contributed by atoms with Crippen LogP contribution >= 0.6 is 0 Å². The van der Waals surface area contributed by atoms with Gasteiger partial charge in [0.15, 0.2) is 0 Å². The van der Waals surface area contributed by atoms with Gasteiger partial charge in [-0.05, 0) is 6.07 Å². The van der Waals surface area contributed by atoms with Gasteiger partial charge in [0.25, 0.3) is 0 Å². The molecule has 0 amide bonds. The minimum absolute atomic E-state index is 0.0177. The van der Waals surface area contributed by atoms with Gasteiger partial charge in [-0.15, -0.1) is 0 Å². The average molecular weight is 314 g/mol. The quantitative estimate of drug-likeness (QED) is 0.490. The maximum atomic E-state index is 12.0. The Hall–Kier alpha value is -1.50. The number of aromatic nitrogens is 1. The molecule has 0 radical (unpaired) electrons. The van der Waals surface area contributed by atoms with E-state index in [0.717, 1.165) is 0 Å². The normalized spacial score (nSPS) is 11.0. The molecule has 2 N–H and O–H groups in total. The highest BCUT2D eigenvalue weighted by atomic mass is 32.2. The van der Waals surface area contributed by atoms with E-state index in [9.17, 15) is 8.42 Å². The summed E-state index contributed by atoms with van der Waals surface area (Å²) in [6.07, 6.45) is 2.66. The van der Waals surface area contributed by atoms with Crippen molar-refractivity contribution in [3.05, 3.63) is 24.0 Å². The lowest BCUT2D eigenvalue weighted by molar-refractivity contribution is 0.0736. The molecule has 0 aliphatic carbocycles. The Morgan fingerprint density at radius 2 is 2.14 bits per heavy atom. The fourth-order valence-electron chi connectivity index (χ4n) is 1.35. The molecule has 1 heterocycles. The average Bonchev–Trinajstić information content (AvgIpc) is 2.49. The summed E-state index contributed by atoms with van der Waals surface area (Å²) >= 11 is 0. The predicted molar refractivity (Wildman–Crippen MR) is 76.1 cm³/mol. The van der Waals surface area contributed by atoms with Crippen molar-refractivity contribution < 1.29 is 23.0 Å². The van der Waals surface area contributed by atoms with E-state index in [0.29, 0.717) is 18.8 Å². The number of hydrogen-bond donors (Lipinski definition) is 2. The summed E-state index contributed by atoms with van der Waals surface area (Å²) in [5.74, 6) is 5.04. The van der Waals surface area contributed by atoms with Gasteiger partial charge in [-0.25, -0.2) is 13.1 Å². The topological polar surface area (TPSA) is 97.8 Å². The van der Waals surface area contributed by atoms with Crippen LogP contribution in [-0.4, -0.2) is 58.6 Å². The number of aliphatic hydroxyl groups excluding tert-OH is 1. The highest BCUT2D eigenvalue weighted by Crippen LogP contribution is 2.08. The van der Waals surface area contributed by atoms with Crippen molar-refractivity contribution in [3.8, 4) is 11.8 Å². The van der Waals surface area contributed by atoms with E-state index in [1.165, 1.54) is 18.5 Å². The van der Waals surface area contributed by atoms with Gasteiger partial charge in [0.1, 0.15) is 11.5 Å². The van der Waals surface area contributed by atoms with Crippen LogP contribution in [0.2, 0.25) is 0 Å². The van der Waals surface area contributed by atoms with E-state index >= 15 is 0 Å². The number of nitrogens with zero attached hydrogens (tertiary/aromatic N) is 1. The number of nitrogens with one attached hydrogen (secondary N) is 1. The molecular weight excluding hydrogens is 296 g/mol. The number of pyridine rings is 1. The van der Waals surface area contributed by atoms with Crippen LogP contribution in [0.4, 0.5) is 0 Å². The molecule has 1 aromatic rings. The van der Waals surface area contributed by atoms with Crippen LogP contribution in [-0.2, 0) is 19.5 Å². The van der Waals surface area contributed by atoms with Crippen molar-refractivity contribution in [1.29, 1.82) is 0 Å². The summed E-state index contributed by atoms with van der Waals surface area (Å²) < 4.78 is 36.4. The van der Waals surface area contributed by atoms with Crippen molar-refractivity contribution >= 4 is 10.0 Å². The lowest BCUT2D eigenvalue weighted by Gasteiger charge is -2.07. The molecule has 1 aromatic heterocycles. The van der Waals surface area contributed by atoms with Gasteiger partial charge >= 0.3 is 0 Å². The molecule has 0 aliphatic heterocycles. The van der Waals surface area contributed by atoms with Crippen LogP contribution in [0.15, 0.2) is 23.4 Å². The zero-order valence-corrected chi connectivity index (χ0v) is 12.5. The first-order valence-corrected chi connectivity index (χ1v) is 7.69. The molecule has 0 atom stereocenters. The Balaban J connectivity index is 2.57. The van der Waals surface area contributed by atoms with E-state index in [4.69, 9.17) is 14.6 Å². The van der Waals surface area contributed by atoms with Gasteiger partial charge in [0.2, 0.25) is 10.0 Å². The first-order chi connectivity index (χ1) is 10.1. The molecule has 0 spiro atoms.